The van der Waals surface area contributed by atoms with Gasteiger partial charge in [-0.1, -0.05) is 57.5 Å². The largest absolute Gasteiger partial charge is 0.399 e. The Balaban J connectivity index is 1.84. The number of nitrogens with two attached hydrogens (primary N) is 1. The third kappa shape index (κ3) is 1.76. The second-order valence-electron chi connectivity index (χ2n) is 9.05. The van der Waals surface area contributed by atoms with Crippen LogP contribution in [0, 0.1) is 6.92 Å². The fourth-order valence-corrected chi connectivity index (χ4v) is 5.09. The predicted octanol–water partition coefficient (Wildman–Crippen LogP) is 6.19. The van der Waals surface area contributed by atoms with Crippen LogP contribution in [0.3, 0.4) is 0 Å². The van der Waals surface area contributed by atoms with Crippen LogP contribution < -0.4 is 5.73 Å². The molecule has 2 aliphatic carbocycles. The fraction of sp³-hybridized carbons (Fsp3) is 0.280. The Morgan fingerprint density at radius 2 is 1.04 bits per heavy atom. The van der Waals surface area contributed by atoms with Gasteiger partial charge in [0.25, 0.3) is 0 Å². The molecule has 0 amide bonds. The summed E-state index contributed by atoms with van der Waals surface area (Å²) in [6.45, 7) is 11.5. The molecule has 3 aromatic rings. The zero-order valence-corrected chi connectivity index (χ0v) is 16.2. The predicted molar refractivity (Wildman–Crippen MR) is 111 cm³/mol. The molecule has 1 heteroatoms. The molecule has 130 valence electrons. The highest BCUT2D eigenvalue weighted by Crippen LogP contribution is 2.56. The van der Waals surface area contributed by atoms with Crippen LogP contribution in [0.5, 0.6) is 0 Å². The van der Waals surface area contributed by atoms with Crippen molar-refractivity contribution in [1.29, 1.82) is 0 Å². The summed E-state index contributed by atoms with van der Waals surface area (Å²) < 4.78 is 0. The molecule has 0 unspecified atom stereocenters. The number of anilines is 1. The van der Waals surface area contributed by atoms with E-state index in [2.05, 4.69) is 77.1 Å². The van der Waals surface area contributed by atoms with Crippen molar-refractivity contribution in [3.63, 3.8) is 0 Å². The van der Waals surface area contributed by atoms with Gasteiger partial charge in [0, 0.05) is 16.5 Å². The van der Waals surface area contributed by atoms with Crippen LogP contribution in [-0.2, 0) is 10.8 Å². The summed E-state index contributed by atoms with van der Waals surface area (Å²) in [5.41, 5.74) is 19.5. The van der Waals surface area contributed by atoms with Gasteiger partial charge in [-0.2, -0.15) is 0 Å². The molecule has 0 bridgehead atoms. The van der Waals surface area contributed by atoms with Crippen molar-refractivity contribution < 1.29 is 0 Å². The maximum absolute atomic E-state index is 6.10. The molecule has 26 heavy (non-hydrogen) atoms. The first-order valence-corrected chi connectivity index (χ1v) is 9.42. The molecule has 0 radical (unpaired) electrons. The van der Waals surface area contributed by atoms with Gasteiger partial charge in [-0.05, 0) is 75.7 Å². The lowest BCUT2D eigenvalue weighted by Gasteiger charge is -2.24. The summed E-state index contributed by atoms with van der Waals surface area (Å²) in [6, 6.07) is 18.2. The summed E-state index contributed by atoms with van der Waals surface area (Å²) >= 11 is 0. The second kappa shape index (κ2) is 4.59. The lowest BCUT2D eigenvalue weighted by Crippen LogP contribution is -2.17. The molecule has 3 aromatic carbocycles. The Hall–Kier alpha value is -2.54. The van der Waals surface area contributed by atoms with Gasteiger partial charge in [0.1, 0.15) is 0 Å². The Morgan fingerprint density at radius 3 is 1.62 bits per heavy atom. The second-order valence-corrected chi connectivity index (χ2v) is 9.05. The van der Waals surface area contributed by atoms with Crippen molar-refractivity contribution in [3.8, 4) is 22.3 Å². The van der Waals surface area contributed by atoms with Gasteiger partial charge in [-0.15, -0.1) is 0 Å². The number of nitrogen functional groups attached to an aromatic ring is 1. The van der Waals surface area contributed by atoms with Crippen LogP contribution in [0.1, 0.15) is 55.5 Å². The van der Waals surface area contributed by atoms with Crippen molar-refractivity contribution in [2.75, 3.05) is 5.73 Å². The average Bonchev–Trinajstić information content (AvgIpc) is 2.93. The van der Waals surface area contributed by atoms with E-state index in [0.29, 0.717) is 0 Å². The Morgan fingerprint density at radius 1 is 0.577 bits per heavy atom. The number of benzene rings is 3. The monoisotopic (exact) mass is 339 g/mol. The zero-order chi connectivity index (χ0) is 18.4. The molecule has 0 aliphatic heterocycles. The van der Waals surface area contributed by atoms with Crippen molar-refractivity contribution in [2.24, 2.45) is 0 Å². The van der Waals surface area contributed by atoms with Crippen LogP contribution in [0.2, 0.25) is 0 Å². The van der Waals surface area contributed by atoms with E-state index >= 15 is 0 Å². The highest BCUT2D eigenvalue weighted by atomic mass is 14.6. The highest BCUT2D eigenvalue weighted by Gasteiger charge is 2.41. The standard InChI is InChI=1S/C25H25N/c1-14-6-8-16-18-12-23-19(13-22(18)24(2,3)20(16)10-14)17-9-7-15(26)11-21(17)25(23,4)5/h6-13H,26H2,1-5H3. The molecule has 0 heterocycles. The van der Waals surface area contributed by atoms with E-state index in [1.807, 2.05) is 6.07 Å². The van der Waals surface area contributed by atoms with E-state index in [0.717, 1.165) is 5.69 Å². The van der Waals surface area contributed by atoms with Crippen LogP contribution in [0.15, 0.2) is 48.5 Å². The molecule has 2 aliphatic rings. The van der Waals surface area contributed by atoms with E-state index in [9.17, 15) is 0 Å². The van der Waals surface area contributed by atoms with Gasteiger partial charge in [-0.25, -0.2) is 0 Å². The van der Waals surface area contributed by atoms with E-state index in [1.54, 1.807) is 0 Å². The molecule has 0 spiro atoms. The minimum Gasteiger partial charge on any atom is -0.399 e. The van der Waals surface area contributed by atoms with Gasteiger partial charge in [0.2, 0.25) is 0 Å². The molecule has 0 saturated heterocycles. The Labute approximate surface area is 155 Å². The van der Waals surface area contributed by atoms with E-state index in [1.165, 1.54) is 50.1 Å². The molecular formula is C25H25N. The molecule has 0 fully saturated rings. The minimum atomic E-state index is -0.0212. The Kier molecular flexibility index (Phi) is 2.77. The smallest absolute Gasteiger partial charge is 0.0317 e. The summed E-state index contributed by atoms with van der Waals surface area (Å²) in [5, 5.41) is 0. The van der Waals surface area contributed by atoms with E-state index in [-0.39, 0.29) is 10.8 Å². The molecule has 0 saturated carbocycles. The highest BCUT2D eigenvalue weighted by molar-refractivity contribution is 5.90. The van der Waals surface area contributed by atoms with Gasteiger partial charge in [0.15, 0.2) is 0 Å². The first-order valence-electron chi connectivity index (χ1n) is 9.42. The number of hydrogen-bond donors (Lipinski definition) is 1. The number of hydrogen-bond acceptors (Lipinski definition) is 1. The Bertz CT molecular complexity index is 1010. The number of fused-ring (bicyclic) bond motifs is 6. The van der Waals surface area contributed by atoms with E-state index < -0.39 is 0 Å². The lowest BCUT2D eigenvalue weighted by molar-refractivity contribution is 0.652. The van der Waals surface area contributed by atoms with Crippen LogP contribution in [0.4, 0.5) is 5.69 Å². The first kappa shape index (κ1) is 15.7. The zero-order valence-electron chi connectivity index (χ0n) is 16.2. The van der Waals surface area contributed by atoms with Crippen LogP contribution in [-0.4, -0.2) is 0 Å². The third-order valence-electron chi connectivity index (χ3n) is 6.65. The molecule has 0 atom stereocenters. The molecule has 1 nitrogen and oxygen atoms in total. The topological polar surface area (TPSA) is 26.0 Å². The van der Waals surface area contributed by atoms with Crippen molar-refractivity contribution in [2.45, 2.75) is 45.4 Å². The normalized spacial score (nSPS) is 17.4. The maximum Gasteiger partial charge on any atom is 0.0317 e. The van der Waals surface area contributed by atoms with Gasteiger partial charge < -0.3 is 5.73 Å². The van der Waals surface area contributed by atoms with Gasteiger partial charge in [-0.3, -0.25) is 0 Å². The van der Waals surface area contributed by atoms with Gasteiger partial charge >= 0.3 is 0 Å². The molecule has 5 rings (SSSR count). The lowest BCUT2D eigenvalue weighted by atomic mass is 9.79. The van der Waals surface area contributed by atoms with Crippen molar-refractivity contribution in [3.05, 3.63) is 76.3 Å². The molecular weight excluding hydrogens is 314 g/mol. The van der Waals surface area contributed by atoms with Gasteiger partial charge in [0.05, 0.1) is 0 Å². The van der Waals surface area contributed by atoms with Crippen LogP contribution >= 0.6 is 0 Å². The average molecular weight is 339 g/mol. The summed E-state index contributed by atoms with van der Waals surface area (Å²) in [5.74, 6) is 0. The van der Waals surface area contributed by atoms with E-state index in [4.69, 9.17) is 5.73 Å². The molecule has 0 aromatic heterocycles. The first-order chi connectivity index (χ1) is 12.2. The van der Waals surface area contributed by atoms with Crippen molar-refractivity contribution in [1.82, 2.24) is 0 Å². The summed E-state index contributed by atoms with van der Waals surface area (Å²) in [6.07, 6.45) is 0. The summed E-state index contributed by atoms with van der Waals surface area (Å²) in [4.78, 5) is 0. The molecule has 2 N–H and O–H groups in total. The van der Waals surface area contributed by atoms with Crippen molar-refractivity contribution >= 4 is 5.69 Å². The SMILES string of the molecule is Cc1ccc2c(c1)C(C)(C)c1cc3c(cc1-2)C(C)(C)c1cc(N)ccc1-3. The maximum atomic E-state index is 6.10. The minimum absolute atomic E-state index is 0.0212. The quantitative estimate of drug-likeness (QED) is 0.486. The number of aryl methyl sites for hydroxylation is 1. The third-order valence-corrected chi connectivity index (χ3v) is 6.65. The fourth-order valence-electron chi connectivity index (χ4n) is 5.09. The summed E-state index contributed by atoms with van der Waals surface area (Å²) in [7, 11) is 0. The van der Waals surface area contributed by atoms with Crippen LogP contribution in [0.25, 0.3) is 22.3 Å². The number of rotatable bonds is 0.